The number of fused-ring (bicyclic) bond motifs is 2. The van der Waals surface area contributed by atoms with Crippen molar-refractivity contribution < 1.29 is 0 Å². The van der Waals surface area contributed by atoms with Gasteiger partial charge in [0.2, 0.25) is 0 Å². The van der Waals surface area contributed by atoms with Crippen LogP contribution in [0.3, 0.4) is 0 Å². The molecular formula is C29H39GeNSSi. The molecular weight excluding hydrogens is 495 g/mol. The van der Waals surface area contributed by atoms with E-state index < -0.39 is 21.3 Å². The Morgan fingerprint density at radius 2 is 1.67 bits per heavy atom. The normalized spacial score (nSPS) is 13.2. The molecule has 0 N–H and O–H groups in total. The second-order valence-electron chi connectivity index (χ2n) is 12.5. The SMILES string of the molecule is Cc1c([Si](C)(C)C[CH2][Ge]([CH3])([CH3])[CH3])sc2c(-c3cc(C(C)(C)C)c4ccccc4c3)nccc12. The van der Waals surface area contributed by atoms with Gasteiger partial charge in [-0.3, -0.25) is 0 Å². The molecule has 0 radical (unpaired) electrons. The number of benzene rings is 2. The van der Waals surface area contributed by atoms with Crippen molar-refractivity contribution in [1.82, 2.24) is 4.98 Å². The first kappa shape index (κ1) is 24.7. The fraction of sp³-hybridized carbons (Fsp3) is 0.414. The Balaban J connectivity index is 1.90. The zero-order valence-electron chi connectivity index (χ0n) is 21.9. The standard InChI is InChI=1S/C29H39GeNSSi/c1-20-23-14-16-31-26(27(23)32-28(20)33(8,9)17-15-30(5,6)7)22-18-21-12-10-11-13-24(21)25(19-22)29(2,3)4/h10-14,16,18-19H,15,17H2,1-9H3. The van der Waals surface area contributed by atoms with Gasteiger partial charge in [-0.15, -0.1) is 0 Å². The molecule has 0 aliphatic carbocycles. The molecule has 0 saturated heterocycles. The van der Waals surface area contributed by atoms with Crippen LogP contribution in [0.4, 0.5) is 0 Å². The summed E-state index contributed by atoms with van der Waals surface area (Å²) in [5, 5.41) is 5.53. The predicted octanol–water partition coefficient (Wildman–Crippen LogP) is 8.98. The number of aryl methyl sites for hydroxylation is 1. The first-order valence-electron chi connectivity index (χ1n) is 12.2. The van der Waals surface area contributed by atoms with E-state index in [1.165, 1.54) is 48.8 Å². The summed E-state index contributed by atoms with van der Waals surface area (Å²) in [5.74, 6) is 7.66. The molecule has 0 aliphatic heterocycles. The average molecular weight is 534 g/mol. The number of aromatic nitrogens is 1. The zero-order valence-corrected chi connectivity index (χ0v) is 25.8. The molecule has 0 fully saturated rings. The van der Waals surface area contributed by atoms with Crippen molar-refractivity contribution in [3.63, 3.8) is 0 Å². The van der Waals surface area contributed by atoms with Crippen LogP contribution in [0.5, 0.6) is 0 Å². The first-order valence-corrected chi connectivity index (χ1v) is 24.0. The van der Waals surface area contributed by atoms with Crippen LogP contribution in [0.2, 0.25) is 41.7 Å². The number of pyridine rings is 1. The van der Waals surface area contributed by atoms with E-state index in [-0.39, 0.29) is 5.41 Å². The Morgan fingerprint density at radius 1 is 0.970 bits per heavy atom. The van der Waals surface area contributed by atoms with Gasteiger partial charge in [0.1, 0.15) is 0 Å². The summed E-state index contributed by atoms with van der Waals surface area (Å²) in [6.07, 6.45) is 2.02. The molecule has 2 heterocycles. The number of thiophene rings is 1. The Hall–Kier alpha value is -1.43. The van der Waals surface area contributed by atoms with Crippen molar-refractivity contribution in [3.05, 3.63) is 59.8 Å². The molecule has 174 valence electrons. The summed E-state index contributed by atoms with van der Waals surface area (Å²) in [6, 6.07) is 17.2. The molecule has 2 aromatic heterocycles. The third-order valence-electron chi connectivity index (χ3n) is 6.91. The number of hydrogen-bond acceptors (Lipinski definition) is 2. The first-order chi connectivity index (χ1) is 15.3. The van der Waals surface area contributed by atoms with Gasteiger partial charge < -0.3 is 0 Å². The van der Waals surface area contributed by atoms with Crippen molar-refractivity contribution in [1.29, 1.82) is 0 Å². The number of rotatable bonds is 5. The van der Waals surface area contributed by atoms with E-state index in [9.17, 15) is 0 Å². The van der Waals surface area contributed by atoms with Gasteiger partial charge in [0.05, 0.1) is 0 Å². The van der Waals surface area contributed by atoms with Crippen molar-refractivity contribution in [2.45, 2.75) is 74.8 Å². The molecule has 4 rings (SSSR count). The molecule has 0 unspecified atom stereocenters. The molecule has 0 bridgehead atoms. The van der Waals surface area contributed by atoms with Gasteiger partial charge in [-0.2, -0.15) is 0 Å². The summed E-state index contributed by atoms with van der Waals surface area (Å²) in [6.45, 7) is 14.5. The Labute approximate surface area is 208 Å². The summed E-state index contributed by atoms with van der Waals surface area (Å²) in [7, 11) is -1.49. The average Bonchev–Trinajstić information content (AvgIpc) is 3.08. The van der Waals surface area contributed by atoms with Gasteiger partial charge in [0, 0.05) is 0 Å². The van der Waals surface area contributed by atoms with E-state index in [1.54, 1.807) is 4.50 Å². The van der Waals surface area contributed by atoms with E-state index in [4.69, 9.17) is 4.98 Å². The monoisotopic (exact) mass is 535 g/mol. The fourth-order valence-electron chi connectivity index (χ4n) is 4.87. The van der Waals surface area contributed by atoms with E-state index in [2.05, 4.69) is 101 Å². The summed E-state index contributed by atoms with van der Waals surface area (Å²) < 4.78 is 3.05. The number of hydrogen-bond donors (Lipinski definition) is 0. The molecule has 4 heteroatoms. The van der Waals surface area contributed by atoms with Crippen LogP contribution < -0.4 is 4.50 Å². The fourth-order valence-corrected chi connectivity index (χ4v) is 19.1. The third kappa shape index (κ3) is 5.01. The van der Waals surface area contributed by atoms with Crippen molar-refractivity contribution in [2.75, 3.05) is 0 Å². The minimum absolute atomic E-state index is 0.0765. The maximum absolute atomic E-state index is 4.96. The summed E-state index contributed by atoms with van der Waals surface area (Å²) >= 11 is 0.499. The van der Waals surface area contributed by atoms with E-state index in [0.29, 0.717) is 0 Å². The summed E-state index contributed by atoms with van der Waals surface area (Å²) in [4.78, 5) is 4.96. The van der Waals surface area contributed by atoms with Crippen LogP contribution in [0, 0.1) is 6.92 Å². The zero-order chi connectivity index (χ0) is 24.2. The Bertz CT molecular complexity index is 1320. The summed E-state index contributed by atoms with van der Waals surface area (Å²) in [5.41, 5.74) is 5.39. The van der Waals surface area contributed by atoms with Crippen LogP contribution in [0.25, 0.3) is 32.1 Å². The van der Waals surface area contributed by atoms with Gasteiger partial charge in [-0.25, -0.2) is 0 Å². The maximum atomic E-state index is 4.96. The van der Waals surface area contributed by atoms with E-state index in [0.717, 1.165) is 5.69 Å². The quantitative estimate of drug-likeness (QED) is 0.233. The van der Waals surface area contributed by atoms with Crippen molar-refractivity contribution >= 4 is 58.0 Å². The molecule has 0 amide bonds. The van der Waals surface area contributed by atoms with Crippen LogP contribution >= 0.6 is 11.3 Å². The molecule has 4 aromatic rings. The van der Waals surface area contributed by atoms with Gasteiger partial charge >= 0.3 is 203 Å². The molecule has 0 atom stereocenters. The Morgan fingerprint density at radius 3 is 2.33 bits per heavy atom. The van der Waals surface area contributed by atoms with Crippen LogP contribution in [-0.4, -0.2) is 26.3 Å². The predicted molar refractivity (Wildman–Crippen MR) is 156 cm³/mol. The third-order valence-corrected chi connectivity index (χ3v) is 17.8. The molecule has 0 spiro atoms. The second kappa shape index (κ2) is 8.66. The van der Waals surface area contributed by atoms with Gasteiger partial charge in [-0.1, -0.05) is 6.07 Å². The van der Waals surface area contributed by atoms with E-state index >= 15 is 0 Å². The number of nitrogens with zero attached hydrogens (tertiary/aromatic N) is 1. The van der Waals surface area contributed by atoms with Gasteiger partial charge in [0.25, 0.3) is 0 Å². The van der Waals surface area contributed by atoms with Crippen LogP contribution in [-0.2, 0) is 5.41 Å². The molecule has 0 saturated carbocycles. The molecule has 1 nitrogen and oxygen atoms in total. The second-order valence-corrected chi connectivity index (χ2v) is 30.5. The van der Waals surface area contributed by atoms with Crippen molar-refractivity contribution in [2.24, 2.45) is 0 Å². The van der Waals surface area contributed by atoms with Crippen LogP contribution in [0.1, 0.15) is 31.9 Å². The molecule has 0 aliphatic rings. The minimum atomic E-state index is -1.54. The molecule has 2 aromatic carbocycles. The molecule has 33 heavy (non-hydrogen) atoms. The van der Waals surface area contributed by atoms with E-state index in [1.807, 2.05) is 17.5 Å². The van der Waals surface area contributed by atoms with Gasteiger partial charge in [-0.05, 0) is 0 Å². The van der Waals surface area contributed by atoms with Crippen molar-refractivity contribution in [3.8, 4) is 11.3 Å². The topological polar surface area (TPSA) is 12.9 Å². The Kier molecular flexibility index (Phi) is 6.48. The van der Waals surface area contributed by atoms with Crippen LogP contribution in [0.15, 0.2) is 48.7 Å². The van der Waals surface area contributed by atoms with Gasteiger partial charge in [0.15, 0.2) is 0 Å².